The van der Waals surface area contributed by atoms with Crippen molar-refractivity contribution in [2.75, 3.05) is 18.1 Å². The van der Waals surface area contributed by atoms with Crippen LogP contribution in [0, 0.1) is 0 Å². The number of carbonyl (C=O) groups excluding carboxylic acids is 2. The van der Waals surface area contributed by atoms with Crippen molar-refractivity contribution in [3.05, 3.63) is 41.6 Å². The van der Waals surface area contributed by atoms with Gasteiger partial charge in [0.25, 0.3) is 0 Å². The summed E-state index contributed by atoms with van der Waals surface area (Å²) in [7, 11) is 0. The molecule has 1 heterocycles. The minimum atomic E-state index is -0.657. The van der Waals surface area contributed by atoms with Gasteiger partial charge in [-0.05, 0) is 32.4 Å². The van der Waals surface area contributed by atoms with Gasteiger partial charge in [-0.25, -0.2) is 9.59 Å². The molecule has 25 heavy (non-hydrogen) atoms. The lowest BCUT2D eigenvalue weighted by molar-refractivity contribution is -0.146. The first-order valence-electron chi connectivity index (χ1n) is 8.94. The van der Waals surface area contributed by atoms with Gasteiger partial charge in [0.15, 0.2) is 5.57 Å². The third-order valence-corrected chi connectivity index (χ3v) is 4.13. The monoisotopic (exact) mass is 347 g/mol. The maximum Gasteiger partial charge on any atom is 0.347 e. The Bertz CT molecular complexity index is 604. The molecule has 0 aliphatic carbocycles. The average Bonchev–Trinajstić information content (AvgIpc) is 2.86. The van der Waals surface area contributed by atoms with Crippen molar-refractivity contribution in [1.82, 2.24) is 0 Å². The summed E-state index contributed by atoms with van der Waals surface area (Å²) in [5.41, 5.74) is 2.12. The van der Waals surface area contributed by atoms with Crippen molar-refractivity contribution < 1.29 is 19.1 Å². The number of fused-ring (bicyclic) bond motifs is 1. The molecule has 1 aliphatic heterocycles. The number of benzene rings is 1. The van der Waals surface area contributed by atoms with Crippen molar-refractivity contribution in [1.29, 1.82) is 0 Å². The lowest BCUT2D eigenvalue weighted by atomic mass is 9.99. The highest BCUT2D eigenvalue weighted by Crippen LogP contribution is 2.40. The van der Waals surface area contributed by atoms with E-state index in [1.54, 1.807) is 20.0 Å². The Hall–Kier alpha value is -2.30. The summed E-state index contributed by atoms with van der Waals surface area (Å²) in [6.45, 7) is 12.0. The van der Waals surface area contributed by atoms with Crippen LogP contribution in [0.5, 0.6) is 0 Å². The molecule has 5 nitrogen and oxygen atoms in total. The molecule has 1 aromatic carbocycles. The molecule has 0 bridgehead atoms. The smallest absolute Gasteiger partial charge is 0.347 e. The van der Waals surface area contributed by atoms with Crippen molar-refractivity contribution in [3.63, 3.8) is 0 Å². The first-order valence-corrected chi connectivity index (χ1v) is 8.94. The zero-order chi connectivity index (χ0) is 19.0. The standard InChI is InChI=1S/C18H23NO4.C2H6/c1-5-22-17(20)15(18(21)23-6-2)11-19-13(4)12(3)14-9-7-8-10-16(14)19;1-2/h7-13H,5-6H2,1-4H3;1-2H3. The van der Waals surface area contributed by atoms with E-state index in [0.717, 1.165) is 5.69 Å². The Labute approximate surface area is 150 Å². The zero-order valence-electron chi connectivity index (χ0n) is 16.0. The van der Waals surface area contributed by atoms with Gasteiger partial charge in [0.05, 0.1) is 13.2 Å². The van der Waals surface area contributed by atoms with E-state index in [1.807, 2.05) is 36.9 Å². The van der Waals surface area contributed by atoms with Gasteiger partial charge in [-0.3, -0.25) is 0 Å². The van der Waals surface area contributed by atoms with Crippen LogP contribution < -0.4 is 4.90 Å². The van der Waals surface area contributed by atoms with E-state index >= 15 is 0 Å². The fourth-order valence-electron chi connectivity index (χ4n) is 2.76. The van der Waals surface area contributed by atoms with Crippen LogP contribution in [0.3, 0.4) is 0 Å². The molecule has 0 N–H and O–H groups in total. The summed E-state index contributed by atoms with van der Waals surface area (Å²) in [5.74, 6) is -1.02. The van der Waals surface area contributed by atoms with Crippen LogP contribution in [0.25, 0.3) is 0 Å². The lowest BCUT2D eigenvalue weighted by Crippen LogP contribution is -2.29. The highest BCUT2D eigenvalue weighted by Gasteiger charge is 2.33. The van der Waals surface area contributed by atoms with Crippen LogP contribution in [0.4, 0.5) is 5.69 Å². The van der Waals surface area contributed by atoms with Crippen molar-refractivity contribution in [2.24, 2.45) is 0 Å². The predicted molar refractivity (Wildman–Crippen MR) is 99.5 cm³/mol. The second-order valence-electron chi connectivity index (χ2n) is 5.48. The zero-order valence-corrected chi connectivity index (χ0v) is 16.0. The highest BCUT2D eigenvalue weighted by molar-refractivity contribution is 6.14. The van der Waals surface area contributed by atoms with Crippen molar-refractivity contribution in [2.45, 2.75) is 53.5 Å². The van der Waals surface area contributed by atoms with Gasteiger partial charge in [-0.1, -0.05) is 39.0 Å². The second-order valence-corrected chi connectivity index (χ2v) is 5.48. The van der Waals surface area contributed by atoms with Crippen LogP contribution in [0.1, 0.15) is 53.0 Å². The molecule has 0 fully saturated rings. The molecular weight excluding hydrogens is 318 g/mol. The SMILES string of the molecule is CC.CCOC(=O)C(=CN1c2ccccc2C(C)C1C)C(=O)OCC. The summed E-state index contributed by atoms with van der Waals surface area (Å²) in [6.07, 6.45) is 1.56. The van der Waals surface area contributed by atoms with E-state index in [0.29, 0.717) is 5.92 Å². The van der Waals surface area contributed by atoms with E-state index in [-0.39, 0.29) is 24.8 Å². The molecule has 0 radical (unpaired) electrons. The lowest BCUT2D eigenvalue weighted by Gasteiger charge is -2.23. The van der Waals surface area contributed by atoms with Crippen LogP contribution in [-0.4, -0.2) is 31.2 Å². The second kappa shape index (κ2) is 9.87. The average molecular weight is 347 g/mol. The number of carbonyl (C=O) groups is 2. The van der Waals surface area contributed by atoms with Crippen LogP contribution in [0.2, 0.25) is 0 Å². The fraction of sp³-hybridized carbons (Fsp3) is 0.500. The van der Waals surface area contributed by atoms with Gasteiger partial charge >= 0.3 is 11.9 Å². The van der Waals surface area contributed by atoms with Crippen LogP contribution >= 0.6 is 0 Å². The number of nitrogens with zero attached hydrogens (tertiary/aromatic N) is 1. The molecule has 1 aromatic rings. The number of anilines is 1. The normalized spacial score (nSPS) is 17.8. The Morgan fingerprint density at radius 3 is 2.08 bits per heavy atom. The topological polar surface area (TPSA) is 55.8 Å². The third-order valence-electron chi connectivity index (χ3n) is 4.13. The summed E-state index contributed by atoms with van der Waals surface area (Å²) in [6, 6.07) is 8.12. The Kier molecular flexibility index (Phi) is 8.19. The maximum absolute atomic E-state index is 12.1. The van der Waals surface area contributed by atoms with Crippen molar-refractivity contribution >= 4 is 17.6 Å². The summed E-state index contributed by atoms with van der Waals surface area (Å²) in [4.78, 5) is 26.2. The van der Waals surface area contributed by atoms with E-state index in [1.165, 1.54) is 5.56 Å². The van der Waals surface area contributed by atoms with Gasteiger partial charge in [0.2, 0.25) is 0 Å². The van der Waals surface area contributed by atoms with Gasteiger partial charge in [-0.15, -0.1) is 0 Å². The summed E-state index contributed by atoms with van der Waals surface area (Å²) >= 11 is 0. The number of hydrogen-bond donors (Lipinski definition) is 0. The number of para-hydroxylation sites is 1. The van der Waals surface area contributed by atoms with E-state index < -0.39 is 11.9 Å². The largest absolute Gasteiger partial charge is 0.462 e. The number of esters is 2. The summed E-state index contributed by atoms with van der Waals surface area (Å²) < 4.78 is 9.99. The van der Waals surface area contributed by atoms with Crippen molar-refractivity contribution in [3.8, 4) is 0 Å². The molecule has 0 aromatic heterocycles. The molecule has 0 amide bonds. The predicted octanol–water partition coefficient (Wildman–Crippen LogP) is 4.03. The number of ether oxygens (including phenoxy) is 2. The van der Waals surface area contributed by atoms with Gasteiger partial charge in [0, 0.05) is 23.8 Å². The minimum Gasteiger partial charge on any atom is -0.462 e. The van der Waals surface area contributed by atoms with Gasteiger partial charge < -0.3 is 14.4 Å². The molecule has 0 saturated heterocycles. The quantitative estimate of drug-likeness (QED) is 0.348. The van der Waals surface area contributed by atoms with Gasteiger partial charge in [-0.2, -0.15) is 0 Å². The first-order chi connectivity index (χ1) is 12.0. The van der Waals surface area contributed by atoms with Gasteiger partial charge in [0.1, 0.15) is 0 Å². The van der Waals surface area contributed by atoms with E-state index in [9.17, 15) is 9.59 Å². The molecular formula is C20H29NO4. The molecule has 0 spiro atoms. The third kappa shape index (κ3) is 4.62. The summed E-state index contributed by atoms with van der Waals surface area (Å²) in [5, 5.41) is 0. The maximum atomic E-state index is 12.1. The molecule has 5 heteroatoms. The molecule has 2 unspecified atom stereocenters. The molecule has 0 saturated carbocycles. The molecule has 138 valence electrons. The van der Waals surface area contributed by atoms with E-state index in [2.05, 4.69) is 19.9 Å². The van der Waals surface area contributed by atoms with E-state index in [4.69, 9.17) is 9.47 Å². The molecule has 2 atom stereocenters. The molecule has 2 rings (SSSR count). The number of hydrogen-bond acceptors (Lipinski definition) is 5. The Balaban J connectivity index is 0.00000151. The molecule has 1 aliphatic rings. The first kappa shape index (κ1) is 20.7. The Morgan fingerprint density at radius 1 is 1.04 bits per heavy atom. The fourth-order valence-corrected chi connectivity index (χ4v) is 2.76. The van der Waals surface area contributed by atoms with Crippen LogP contribution in [0.15, 0.2) is 36.0 Å². The number of rotatable bonds is 5. The highest BCUT2D eigenvalue weighted by atomic mass is 16.6. The van der Waals surface area contributed by atoms with Crippen LogP contribution in [-0.2, 0) is 19.1 Å². The Morgan fingerprint density at radius 2 is 1.56 bits per heavy atom. The minimum absolute atomic E-state index is 0.0792.